The van der Waals surface area contributed by atoms with Gasteiger partial charge in [-0.15, -0.1) is 0 Å². The summed E-state index contributed by atoms with van der Waals surface area (Å²) < 4.78 is 6.04. The highest BCUT2D eigenvalue weighted by atomic mass is 35.5. The molecule has 0 aliphatic rings. The summed E-state index contributed by atoms with van der Waals surface area (Å²) in [6, 6.07) is 13.5. The molecule has 1 unspecified atom stereocenters. The van der Waals surface area contributed by atoms with E-state index in [-0.39, 0.29) is 6.04 Å². The van der Waals surface area contributed by atoms with E-state index in [1.165, 1.54) is 0 Å². The number of furan rings is 1. The molecule has 0 bridgehead atoms. The first-order valence-electron chi connectivity index (χ1n) is 6.71. The number of halogens is 2. The van der Waals surface area contributed by atoms with Gasteiger partial charge in [0.1, 0.15) is 11.3 Å². The Labute approximate surface area is 133 Å². The Morgan fingerprint density at radius 3 is 2.62 bits per heavy atom. The lowest BCUT2D eigenvalue weighted by molar-refractivity contribution is 0.490. The lowest BCUT2D eigenvalue weighted by Gasteiger charge is -2.16. The standard InChI is InChI=1S/C17H15Cl2NO/c1-10-4-3-5-11-8-15(21-17(10)11)16(20-2)13-9-12(18)6-7-14(13)19/h3-9,16,20H,1-2H3. The maximum atomic E-state index is 6.31. The Morgan fingerprint density at radius 1 is 1.10 bits per heavy atom. The number of fused-ring (bicyclic) bond motifs is 1. The van der Waals surface area contributed by atoms with Crippen LogP contribution in [-0.4, -0.2) is 7.05 Å². The topological polar surface area (TPSA) is 25.2 Å². The molecular formula is C17H15Cl2NO. The second-order valence-corrected chi connectivity index (χ2v) is 5.87. The molecule has 108 valence electrons. The summed E-state index contributed by atoms with van der Waals surface area (Å²) in [6.45, 7) is 2.04. The van der Waals surface area contributed by atoms with Gasteiger partial charge in [-0.25, -0.2) is 0 Å². The fourth-order valence-electron chi connectivity index (χ4n) is 2.56. The fraction of sp³-hybridized carbons (Fsp3) is 0.176. The molecule has 0 spiro atoms. The van der Waals surface area contributed by atoms with Crippen molar-refractivity contribution in [2.45, 2.75) is 13.0 Å². The average molecular weight is 320 g/mol. The van der Waals surface area contributed by atoms with Crippen molar-refractivity contribution in [2.75, 3.05) is 7.05 Å². The number of aryl methyl sites for hydroxylation is 1. The zero-order valence-electron chi connectivity index (χ0n) is 11.8. The van der Waals surface area contributed by atoms with E-state index in [1.807, 2.05) is 44.3 Å². The van der Waals surface area contributed by atoms with Gasteiger partial charge < -0.3 is 9.73 Å². The first-order valence-corrected chi connectivity index (χ1v) is 7.47. The van der Waals surface area contributed by atoms with Crippen molar-refractivity contribution < 1.29 is 4.42 Å². The van der Waals surface area contributed by atoms with Crippen LogP contribution in [0.4, 0.5) is 0 Å². The number of para-hydroxylation sites is 1. The van der Waals surface area contributed by atoms with Crippen LogP contribution in [0.1, 0.15) is 22.9 Å². The van der Waals surface area contributed by atoms with Crippen LogP contribution in [0.15, 0.2) is 46.9 Å². The van der Waals surface area contributed by atoms with Crippen LogP contribution in [-0.2, 0) is 0 Å². The number of benzene rings is 2. The molecule has 1 N–H and O–H groups in total. The third-order valence-corrected chi connectivity index (χ3v) is 4.18. The van der Waals surface area contributed by atoms with Gasteiger partial charge in [-0.05, 0) is 49.4 Å². The highest BCUT2D eigenvalue weighted by Gasteiger charge is 2.20. The maximum Gasteiger partial charge on any atom is 0.137 e. The van der Waals surface area contributed by atoms with Gasteiger partial charge in [0.15, 0.2) is 0 Å². The third-order valence-electron chi connectivity index (χ3n) is 3.60. The van der Waals surface area contributed by atoms with Crippen LogP contribution >= 0.6 is 23.2 Å². The van der Waals surface area contributed by atoms with E-state index < -0.39 is 0 Å². The van der Waals surface area contributed by atoms with Gasteiger partial charge >= 0.3 is 0 Å². The second kappa shape index (κ2) is 5.72. The monoisotopic (exact) mass is 319 g/mol. The number of hydrogen-bond acceptors (Lipinski definition) is 2. The van der Waals surface area contributed by atoms with Gasteiger partial charge in [0.05, 0.1) is 6.04 Å². The van der Waals surface area contributed by atoms with Gasteiger partial charge in [-0.2, -0.15) is 0 Å². The Hall–Kier alpha value is -1.48. The summed E-state index contributed by atoms with van der Waals surface area (Å²) in [5.41, 5.74) is 2.93. The molecule has 0 saturated carbocycles. The van der Waals surface area contributed by atoms with E-state index in [1.54, 1.807) is 12.1 Å². The average Bonchev–Trinajstić information content (AvgIpc) is 2.89. The van der Waals surface area contributed by atoms with Gasteiger partial charge in [0.2, 0.25) is 0 Å². The normalized spacial score (nSPS) is 12.8. The zero-order valence-corrected chi connectivity index (χ0v) is 13.3. The predicted octanol–water partition coefficient (Wildman–Crippen LogP) is 5.36. The van der Waals surface area contributed by atoms with Crippen LogP contribution < -0.4 is 5.32 Å². The van der Waals surface area contributed by atoms with Gasteiger partial charge in [-0.1, -0.05) is 41.4 Å². The molecule has 1 heterocycles. The molecule has 4 heteroatoms. The highest BCUT2D eigenvalue weighted by molar-refractivity contribution is 6.33. The minimum atomic E-state index is -0.136. The molecule has 0 saturated heterocycles. The first kappa shape index (κ1) is 14.5. The molecular weight excluding hydrogens is 305 g/mol. The number of hydrogen-bond donors (Lipinski definition) is 1. The second-order valence-electron chi connectivity index (χ2n) is 5.03. The first-order chi connectivity index (χ1) is 10.1. The summed E-state index contributed by atoms with van der Waals surface area (Å²) in [5.74, 6) is 0.825. The van der Waals surface area contributed by atoms with E-state index in [2.05, 4.69) is 5.32 Å². The molecule has 0 fully saturated rings. The minimum absolute atomic E-state index is 0.136. The van der Waals surface area contributed by atoms with Crippen LogP contribution in [0.25, 0.3) is 11.0 Å². The molecule has 21 heavy (non-hydrogen) atoms. The number of rotatable bonds is 3. The van der Waals surface area contributed by atoms with Crippen molar-refractivity contribution >= 4 is 34.2 Å². The maximum absolute atomic E-state index is 6.31. The SMILES string of the molecule is CNC(c1cc2cccc(C)c2o1)c1cc(Cl)ccc1Cl. The van der Waals surface area contributed by atoms with Crippen molar-refractivity contribution in [1.29, 1.82) is 0 Å². The van der Waals surface area contributed by atoms with Crippen molar-refractivity contribution in [3.05, 3.63) is 69.4 Å². The quantitative estimate of drug-likeness (QED) is 0.703. The summed E-state index contributed by atoms with van der Waals surface area (Å²) in [7, 11) is 1.88. The van der Waals surface area contributed by atoms with Crippen molar-refractivity contribution in [3.8, 4) is 0 Å². The fourth-order valence-corrected chi connectivity index (χ4v) is 2.97. The summed E-state index contributed by atoms with van der Waals surface area (Å²) in [6.07, 6.45) is 0. The van der Waals surface area contributed by atoms with Crippen molar-refractivity contribution in [1.82, 2.24) is 5.32 Å². The molecule has 1 aromatic heterocycles. The molecule has 0 radical (unpaired) electrons. The van der Waals surface area contributed by atoms with E-state index in [9.17, 15) is 0 Å². The number of nitrogens with one attached hydrogen (secondary N) is 1. The lowest BCUT2D eigenvalue weighted by atomic mass is 10.0. The molecule has 0 amide bonds. The molecule has 1 atom stereocenters. The van der Waals surface area contributed by atoms with E-state index in [4.69, 9.17) is 27.6 Å². The predicted molar refractivity (Wildman–Crippen MR) is 88.3 cm³/mol. The van der Waals surface area contributed by atoms with Crippen LogP contribution in [0.3, 0.4) is 0 Å². The highest BCUT2D eigenvalue weighted by Crippen LogP contribution is 2.34. The zero-order chi connectivity index (χ0) is 15.0. The van der Waals surface area contributed by atoms with Gasteiger partial charge in [0, 0.05) is 15.4 Å². The van der Waals surface area contributed by atoms with Crippen LogP contribution in [0.5, 0.6) is 0 Å². The Morgan fingerprint density at radius 2 is 1.90 bits per heavy atom. The molecule has 3 rings (SSSR count). The van der Waals surface area contributed by atoms with Crippen molar-refractivity contribution in [3.63, 3.8) is 0 Å². The third kappa shape index (κ3) is 2.67. The molecule has 3 aromatic rings. The molecule has 0 aliphatic carbocycles. The van der Waals surface area contributed by atoms with Crippen LogP contribution in [0, 0.1) is 6.92 Å². The van der Waals surface area contributed by atoms with Crippen molar-refractivity contribution in [2.24, 2.45) is 0 Å². The molecule has 2 nitrogen and oxygen atoms in total. The summed E-state index contributed by atoms with van der Waals surface area (Å²) in [5, 5.41) is 5.65. The minimum Gasteiger partial charge on any atom is -0.459 e. The van der Waals surface area contributed by atoms with E-state index in [0.29, 0.717) is 10.0 Å². The largest absolute Gasteiger partial charge is 0.459 e. The Bertz CT molecular complexity index is 795. The van der Waals surface area contributed by atoms with Crippen LogP contribution in [0.2, 0.25) is 10.0 Å². The Balaban J connectivity index is 2.13. The van der Waals surface area contributed by atoms with E-state index >= 15 is 0 Å². The van der Waals surface area contributed by atoms with Gasteiger partial charge in [-0.3, -0.25) is 0 Å². The van der Waals surface area contributed by atoms with Gasteiger partial charge in [0.25, 0.3) is 0 Å². The summed E-state index contributed by atoms with van der Waals surface area (Å²) in [4.78, 5) is 0. The van der Waals surface area contributed by atoms with E-state index in [0.717, 1.165) is 27.9 Å². The molecule has 0 aliphatic heterocycles. The lowest BCUT2D eigenvalue weighted by Crippen LogP contribution is -2.17. The summed E-state index contributed by atoms with van der Waals surface area (Å²) >= 11 is 12.4. The Kier molecular flexibility index (Phi) is 3.94. The molecule has 2 aromatic carbocycles. The smallest absolute Gasteiger partial charge is 0.137 e.